The molecule has 2 amide bonds. The van der Waals surface area contributed by atoms with Crippen molar-refractivity contribution in [3.8, 4) is 0 Å². The number of carboxylic acids is 1. The summed E-state index contributed by atoms with van der Waals surface area (Å²) in [5.41, 5.74) is -0.0203. The molecule has 2 aromatic carbocycles. The fraction of sp³-hybridized carbons (Fsp3) is 0.263. The zero-order chi connectivity index (χ0) is 20.3. The van der Waals surface area contributed by atoms with E-state index in [1.165, 1.54) is 35.2 Å². The number of nitrogens with zero attached hydrogens (tertiary/aromatic N) is 2. The Morgan fingerprint density at radius 2 is 1.52 bits per heavy atom. The molecular weight excluding hydrogens is 398 g/mol. The van der Waals surface area contributed by atoms with Gasteiger partial charge in [0.1, 0.15) is 0 Å². The summed E-state index contributed by atoms with van der Waals surface area (Å²) in [6.07, 6.45) is -4.38. The van der Waals surface area contributed by atoms with Crippen LogP contribution in [-0.2, 0) is 6.18 Å². The number of para-hydroxylation sites is 1. The van der Waals surface area contributed by atoms with Gasteiger partial charge in [-0.2, -0.15) is 13.2 Å². The molecule has 0 aromatic heterocycles. The van der Waals surface area contributed by atoms with Gasteiger partial charge < -0.3 is 25.0 Å². The van der Waals surface area contributed by atoms with E-state index < -0.39 is 23.7 Å². The van der Waals surface area contributed by atoms with Crippen LogP contribution >= 0.6 is 0 Å². The molecule has 3 rings (SSSR count). The number of carboxylic acid groups (broad SMARTS) is 1. The van der Waals surface area contributed by atoms with Crippen molar-refractivity contribution in [3.63, 3.8) is 0 Å². The van der Waals surface area contributed by atoms with Gasteiger partial charge in [0.2, 0.25) is 0 Å². The minimum Gasteiger partial charge on any atom is -0.545 e. The first-order chi connectivity index (χ1) is 13.3. The molecule has 1 saturated heterocycles. The molecule has 1 N–H and O–H groups in total. The molecule has 0 unspecified atom stereocenters. The standard InChI is InChI=1S/C19H18F3N3O3.Na/c20-19(21,22)13-5-7-14(8-6-13)24-9-11-25(12-10-24)18(28)23-16-4-2-1-3-15(16)17(26)27;/h1-8H,9-12H2,(H,23,28)(H,26,27);/q;+1/p-1. The van der Waals surface area contributed by atoms with Crippen molar-refractivity contribution in [2.24, 2.45) is 0 Å². The summed E-state index contributed by atoms with van der Waals surface area (Å²) < 4.78 is 38.0. The monoisotopic (exact) mass is 415 g/mol. The van der Waals surface area contributed by atoms with E-state index in [-0.39, 0.29) is 40.8 Å². The molecule has 29 heavy (non-hydrogen) atoms. The first-order valence-electron chi connectivity index (χ1n) is 8.54. The molecule has 2 aromatic rings. The van der Waals surface area contributed by atoms with Gasteiger partial charge in [-0.05, 0) is 30.3 Å². The third-order valence-electron chi connectivity index (χ3n) is 4.52. The van der Waals surface area contributed by atoms with E-state index in [2.05, 4.69) is 5.32 Å². The van der Waals surface area contributed by atoms with Crippen molar-refractivity contribution in [1.29, 1.82) is 0 Å². The van der Waals surface area contributed by atoms with Crippen LogP contribution in [0.4, 0.5) is 29.3 Å². The van der Waals surface area contributed by atoms with Gasteiger partial charge >= 0.3 is 41.8 Å². The average Bonchev–Trinajstić information content (AvgIpc) is 2.68. The summed E-state index contributed by atoms with van der Waals surface area (Å²) in [4.78, 5) is 26.9. The summed E-state index contributed by atoms with van der Waals surface area (Å²) in [7, 11) is 0. The van der Waals surface area contributed by atoms with Crippen molar-refractivity contribution in [2.45, 2.75) is 6.18 Å². The Bertz CT molecular complexity index is 867. The van der Waals surface area contributed by atoms with Crippen LogP contribution in [0.15, 0.2) is 48.5 Å². The molecule has 6 nitrogen and oxygen atoms in total. The Labute approximate surface area is 187 Å². The molecule has 148 valence electrons. The van der Waals surface area contributed by atoms with Crippen molar-refractivity contribution in [3.05, 3.63) is 59.7 Å². The van der Waals surface area contributed by atoms with Crippen LogP contribution in [0.2, 0.25) is 0 Å². The third kappa shape index (κ3) is 5.65. The fourth-order valence-corrected chi connectivity index (χ4v) is 2.99. The minimum absolute atomic E-state index is 0. The number of halogens is 3. The summed E-state index contributed by atoms with van der Waals surface area (Å²) >= 11 is 0. The molecule has 0 atom stereocenters. The topological polar surface area (TPSA) is 75.7 Å². The van der Waals surface area contributed by atoms with Crippen molar-refractivity contribution >= 4 is 23.4 Å². The van der Waals surface area contributed by atoms with E-state index >= 15 is 0 Å². The van der Waals surface area contributed by atoms with E-state index in [9.17, 15) is 27.9 Å². The molecule has 0 saturated carbocycles. The maximum absolute atomic E-state index is 12.7. The number of hydrogen-bond donors (Lipinski definition) is 1. The molecule has 1 aliphatic heterocycles. The van der Waals surface area contributed by atoms with E-state index in [1.807, 2.05) is 4.90 Å². The number of carbonyl (C=O) groups is 2. The number of alkyl halides is 3. The summed E-state index contributed by atoms with van der Waals surface area (Å²) in [5.74, 6) is -1.39. The number of amides is 2. The molecule has 1 fully saturated rings. The molecule has 0 bridgehead atoms. The smallest absolute Gasteiger partial charge is 0.545 e. The Kier molecular flexibility index (Phi) is 7.56. The number of anilines is 2. The number of aromatic carboxylic acids is 1. The number of rotatable bonds is 3. The van der Waals surface area contributed by atoms with Crippen LogP contribution in [0, 0.1) is 0 Å². The van der Waals surface area contributed by atoms with Gasteiger partial charge in [0, 0.05) is 37.4 Å². The quantitative estimate of drug-likeness (QED) is 0.682. The van der Waals surface area contributed by atoms with Gasteiger partial charge in [-0.3, -0.25) is 0 Å². The third-order valence-corrected chi connectivity index (χ3v) is 4.52. The second-order valence-electron chi connectivity index (χ2n) is 6.28. The predicted octanol–water partition coefficient (Wildman–Crippen LogP) is -0.573. The largest absolute Gasteiger partial charge is 1.00 e. The van der Waals surface area contributed by atoms with E-state index in [1.54, 1.807) is 6.07 Å². The molecule has 1 aliphatic rings. The normalized spacial score (nSPS) is 14.2. The van der Waals surface area contributed by atoms with Gasteiger partial charge in [0.15, 0.2) is 0 Å². The summed E-state index contributed by atoms with van der Waals surface area (Å²) in [6, 6.07) is 10.4. The molecular formula is C19H17F3N3NaO3. The summed E-state index contributed by atoms with van der Waals surface area (Å²) in [6.45, 7) is 1.59. The van der Waals surface area contributed by atoms with Gasteiger partial charge in [0.25, 0.3) is 0 Å². The van der Waals surface area contributed by atoms with Crippen LogP contribution in [0.5, 0.6) is 0 Å². The number of urea groups is 1. The number of piperazine rings is 1. The van der Waals surface area contributed by atoms with E-state index in [0.29, 0.717) is 31.9 Å². The second kappa shape index (κ2) is 9.51. The second-order valence-corrected chi connectivity index (χ2v) is 6.28. The van der Waals surface area contributed by atoms with Crippen LogP contribution in [-0.4, -0.2) is 43.1 Å². The van der Waals surface area contributed by atoms with Gasteiger partial charge in [0.05, 0.1) is 17.2 Å². The number of hydrogen-bond acceptors (Lipinski definition) is 4. The van der Waals surface area contributed by atoms with Gasteiger partial charge in [-0.15, -0.1) is 0 Å². The number of benzene rings is 2. The van der Waals surface area contributed by atoms with Gasteiger partial charge in [-0.1, -0.05) is 18.2 Å². The first-order valence-corrected chi connectivity index (χ1v) is 8.54. The van der Waals surface area contributed by atoms with Crippen LogP contribution in [0.1, 0.15) is 15.9 Å². The van der Waals surface area contributed by atoms with Crippen molar-refractivity contribution in [1.82, 2.24) is 4.90 Å². The van der Waals surface area contributed by atoms with Crippen molar-refractivity contribution in [2.75, 3.05) is 36.4 Å². The molecule has 0 aliphatic carbocycles. The predicted molar refractivity (Wildman–Crippen MR) is 95.0 cm³/mol. The Hall–Kier alpha value is -2.23. The maximum atomic E-state index is 12.7. The van der Waals surface area contributed by atoms with Crippen LogP contribution < -0.4 is 44.9 Å². The average molecular weight is 415 g/mol. The first kappa shape index (κ1) is 23.1. The van der Waals surface area contributed by atoms with Gasteiger partial charge in [-0.25, -0.2) is 4.79 Å². The van der Waals surface area contributed by atoms with Crippen molar-refractivity contribution < 1.29 is 57.4 Å². The zero-order valence-corrected chi connectivity index (χ0v) is 17.7. The van der Waals surface area contributed by atoms with Crippen LogP contribution in [0.25, 0.3) is 0 Å². The summed E-state index contributed by atoms with van der Waals surface area (Å²) in [5, 5.41) is 13.7. The molecule has 1 heterocycles. The molecule has 0 spiro atoms. The number of carbonyl (C=O) groups excluding carboxylic acids is 2. The van der Waals surface area contributed by atoms with E-state index in [0.717, 1.165) is 12.1 Å². The Morgan fingerprint density at radius 1 is 0.931 bits per heavy atom. The molecule has 10 heteroatoms. The van der Waals surface area contributed by atoms with Crippen LogP contribution in [0.3, 0.4) is 0 Å². The minimum atomic E-state index is -4.38. The van der Waals surface area contributed by atoms with E-state index in [4.69, 9.17) is 0 Å². The zero-order valence-electron chi connectivity index (χ0n) is 15.7. The Balaban J connectivity index is 0.00000300. The Morgan fingerprint density at radius 3 is 2.07 bits per heavy atom. The number of nitrogens with one attached hydrogen (secondary N) is 1. The maximum Gasteiger partial charge on any atom is 1.00 e. The SMILES string of the molecule is O=C([O-])c1ccccc1NC(=O)N1CCN(c2ccc(C(F)(F)F)cc2)CC1.[Na+]. The molecule has 0 radical (unpaired) electrons. The fourth-order valence-electron chi connectivity index (χ4n) is 2.99.